The Balaban J connectivity index is 1.47. The van der Waals surface area contributed by atoms with Gasteiger partial charge < -0.3 is 20.5 Å². The van der Waals surface area contributed by atoms with Crippen LogP contribution in [0.2, 0.25) is 0 Å². The molecule has 4 aromatic rings. The van der Waals surface area contributed by atoms with Gasteiger partial charge in [-0.2, -0.15) is 0 Å². The molecule has 9 nitrogen and oxygen atoms in total. The van der Waals surface area contributed by atoms with Crippen LogP contribution >= 0.6 is 11.3 Å². The molecule has 2 heterocycles. The molecule has 2 aromatic carbocycles. The molecule has 10 heteroatoms. The van der Waals surface area contributed by atoms with E-state index in [0.29, 0.717) is 17.3 Å². The van der Waals surface area contributed by atoms with E-state index in [-0.39, 0.29) is 17.7 Å². The molecule has 0 bridgehead atoms. The molecule has 0 saturated heterocycles. The summed E-state index contributed by atoms with van der Waals surface area (Å²) in [6.45, 7) is 10.3. The monoisotopic (exact) mass is 614 g/mol. The van der Waals surface area contributed by atoms with Gasteiger partial charge in [-0.3, -0.25) is 14.4 Å². The Labute approximate surface area is 261 Å². The summed E-state index contributed by atoms with van der Waals surface area (Å²) in [5.74, 6) is -0.751. The summed E-state index contributed by atoms with van der Waals surface area (Å²) in [7, 11) is 0. The Morgan fingerprint density at radius 1 is 0.886 bits per heavy atom. The van der Waals surface area contributed by atoms with Crippen LogP contribution in [0.1, 0.15) is 61.2 Å². The van der Waals surface area contributed by atoms with Crippen LogP contribution in [0.15, 0.2) is 73.1 Å². The molecule has 2 atom stereocenters. The summed E-state index contributed by atoms with van der Waals surface area (Å²) in [6.07, 6.45) is 4.66. The fraction of sp³-hybridized carbons (Fsp3) is 0.324. The Kier molecular flexibility index (Phi) is 10.5. The van der Waals surface area contributed by atoms with Gasteiger partial charge in [0, 0.05) is 34.8 Å². The lowest BCUT2D eigenvalue weighted by atomic mass is 9.95. The zero-order chi connectivity index (χ0) is 31.9. The summed E-state index contributed by atoms with van der Waals surface area (Å²) in [5.41, 5.74) is 3.32. The highest BCUT2D eigenvalue weighted by atomic mass is 32.1. The normalized spacial score (nSPS) is 12.7. The molecule has 0 radical (unpaired) electrons. The summed E-state index contributed by atoms with van der Waals surface area (Å²) in [5, 5.41) is 14.6. The van der Waals surface area contributed by atoms with Gasteiger partial charge in [-0.1, -0.05) is 64.1 Å². The molecule has 2 aromatic heterocycles. The highest BCUT2D eigenvalue weighted by molar-refractivity contribution is 7.14. The maximum Gasteiger partial charge on any atom is 0.325 e. The topological polar surface area (TPSA) is 131 Å². The molecule has 0 aliphatic heterocycles. The van der Waals surface area contributed by atoms with E-state index in [4.69, 9.17) is 4.74 Å². The highest BCUT2D eigenvalue weighted by Gasteiger charge is 2.26. The van der Waals surface area contributed by atoms with Crippen molar-refractivity contribution in [1.82, 2.24) is 20.6 Å². The van der Waals surface area contributed by atoms with E-state index in [2.05, 4.69) is 48.3 Å². The average molecular weight is 615 g/mol. The fourth-order valence-corrected chi connectivity index (χ4v) is 5.26. The molecule has 3 N–H and O–H groups in total. The lowest BCUT2D eigenvalue weighted by Gasteiger charge is -2.20. The number of aromatic nitrogens is 2. The first-order valence-corrected chi connectivity index (χ1v) is 15.3. The molecule has 4 rings (SSSR count). The molecule has 44 heavy (non-hydrogen) atoms. The van der Waals surface area contributed by atoms with Gasteiger partial charge in [-0.15, -0.1) is 11.3 Å². The number of thiophene rings is 1. The number of aliphatic carboxylic acids is 1. The van der Waals surface area contributed by atoms with E-state index in [0.717, 1.165) is 39.3 Å². The predicted octanol–water partition coefficient (Wildman–Crippen LogP) is 5.89. The number of ether oxygens (including phenoxy) is 1. The van der Waals surface area contributed by atoms with Gasteiger partial charge in [0.1, 0.15) is 17.8 Å². The van der Waals surface area contributed by atoms with Gasteiger partial charge in [-0.05, 0) is 54.2 Å². The Hall–Kier alpha value is -4.57. The van der Waals surface area contributed by atoms with Crippen LogP contribution in [-0.2, 0) is 21.4 Å². The van der Waals surface area contributed by atoms with Crippen molar-refractivity contribution >= 4 is 29.1 Å². The van der Waals surface area contributed by atoms with Crippen LogP contribution in [0.25, 0.3) is 22.5 Å². The molecule has 0 fully saturated rings. The quantitative estimate of drug-likeness (QED) is 0.181. The average Bonchev–Trinajstić information content (AvgIpc) is 3.52. The summed E-state index contributed by atoms with van der Waals surface area (Å²) in [6, 6.07) is 16.8. The zero-order valence-corrected chi connectivity index (χ0v) is 26.4. The van der Waals surface area contributed by atoms with Crippen LogP contribution in [-0.4, -0.2) is 51.5 Å². The van der Waals surface area contributed by atoms with Gasteiger partial charge in [0.2, 0.25) is 5.91 Å². The number of carboxylic acids is 1. The van der Waals surface area contributed by atoms with Crippen LogP contribution in [0.5, 0.6) is 5.75 Å². The number of carbonyl (C=O) groups excluding carboxylic acids is 2. The standard InChI is InChI=1S/C34H38N4O5S/c1-6-17-43-26-13-11-23(12-14-26)25-19-35-30(36-20-25)24-9-7-22(8-10-24)18-27(31(39)37-21(2)33(41)42)38-32(40)28-15-16-29(44-28)34(3,4)5/h7-16,19-21,27H,6,17-18H2,1-5H3,(H,37,39)(H,38,40)(H,41,42)/t21-,27+/m1/s1. The maximum atomic E-state index is 13.1. The first-order valence-electron chi connectivity index (χ1n) is 14.5. The summed E-state index contributed by atoms with van der Waals surface area (Å²) in [4.78, 5) is 48.2. The van der Waals surface area contributed by atoms with E-state index in [1.54, 1.807) is 18.5 Å². The van der Waals surface area contributed by atoms with E-state index in [1.807, 2.05) is 54.6 Å². The summed E-state index contributed by atoms with van der Waals surface area (Å²) < 4.78 is 5.65. The molecule has 0 aliphatic rings. The molecular formula is C34H38N4O5S. The van der Waals surface area contributed by atoms with Gasteiger partial charge in [-0.25, -0.2) is 9.97 Å². The number of amides is 2. The predicted molar refractivity (Wildman–Crippen MR) is 172 cm³/mol. The third-order valence-corrected chi connectivity index (χ3v) is 8.39. The van der Waals surface area contributed by atoms with E-state index in [9.17, 15) is 19.5 Å². The number of hydrogen-bond acceptors (Lipinski definition) is 7. The van der Waals surface area contributed by atoms with E-state index in [1.165, 1.54) is 18.3 Å². The Morgan fingerprint density at radius 2 is 1.52 bits per heavy atom. The van der Waals surface area contributed by atoms with Crippen molar-refractivity contribution in [1.29, 1.82) is 0 Å². The van der Waals surface area contributed by atoms with Crippen molar-refractivity contribution in [3.63, 3.8) is 0 Å². The van der Waals surface area contributed by atoms with Gasteiger partial charge in [0.05, 0.1) is 11.5 Å². The third-order valence-electron chi connectivity index (χ3n) is 6.88. The number of nitrogens with zero attached hydrogens (tertiary/aromatic N) is 2. The molecule has 0 unspecified atom stereocenters. The lowest BCUT2D eigenvalue weighted by molar-refractivity contribution is -0.141. The van der Waals surface area contributed by atoms with Crippen molar-refractivity contribution in [2.75, 3.05) is 6.61 Å². The van der Waals surface area contributed by atoms with Crippen LogP contribution < -0.4 is 15.4 Å². The fourth-order valence-electron chi connectivity index (χ4n) is 4.29. The molecule has 230 valence electrons. The maximum absolute atomic E-state index is 13.1. The molecule has 0 spiro atoms. The number of rotatable bonds is 12. The number of hydrogen-bond donors (Lipinski definition) is 3. The van der Waals surface area contributed by atoms with Gasteiger partial charge in [0.25, 0.3) is 5.91 Å². The summed E-state index contributed by atoms with van der Waals surface area (Å²) >= 11 is 1.37. The van der Waals surface area contributed by atoms with E-state index >= 15 is 0 Å². The Bertz CT molecular complexity index is 1580. The van der Waals surface area contributed by atoms with Crippen LogP contribution in [0.3, 0.4) is 0 Å². The number of carbonyl (C=O) groups is 3. The van der Waals surface area contributed by atoms with Crippen molar-refractivity contribution < 1.29 is 24.2 Å². The first-order chi connectivity index (χ1) is 20.9. The van der Waals surface area contributed by atoms with Crippen molar-refractivity contribution in [2.24, 2.45) is 0 Å². The minimum Gasteiger partial charge on any atom is -0.494 e. The van der Waals surface area contributed by atoms with Crippen LogP contribution in [0.4, 0.5) is 0 Å². The van der Waals surface area contributed by atoms with Crippen LogP contribution in [0, 0.1) is 0 Å². The van der Waals surface area contributed by atoms with Crippen molar-refractivity contribution in [3.05, 3.63) is 88.4 Å². The largest absolute Gasteiger partial charge is 0.494 e. The molecule has 2 amide bonds. The van der Waals surface area contributed by atoms with Gasteiger partial charge in [0.15, 0.2) is 5.82 Å². The lowest BCUT2D eigenvalue weighted by Crippen LogP contribution is -2.51. The van der Waals surface area contributed by atoms with Gasteiger partial charge >= 0.3 is 5.97 Å². The number of nitrogens with one attached hydrogen (secondary N) is 2. The SMILES string of the molecule is CCCOc1ccc(-c2cnc(-c3ccc(C[C@H](NC(=O)c4ccc(C(C)(C)C)s4)C(=O)N[C@H](C)C(=O)O)cc3)nc2)cc1. The number of benzene rings is 2. The van der Waals surface area contributed by atoms with Crippen molar-refractivity contribution in [2.45, 2.75) is 65.0 Å². The smallest absolute Gasteiger partial charge is 0.325 e. The third kappa shape index (κ3) is 8.50. The van der Waals surface area contributed by atoms with E-state index < -0.39 is 24.0 Å². The highest BCUT2D eigenvalue weighted by Crippen LogP contribution is 2.29. The minimum absolute atomic E-state index is 0.113. The van der Waals surface area contributed by atoms with Crippen molar-refractivity contribution in [3.8, 4) is 28.3 Å². The molecule has 0 saturated carbocycles. The molecular weight excluding hydrogens is 576 g/mol. The second-order valence-corrected chi connectivity index (χ2v) is 12.7. The number of carboxylic acid groups (broad SMARTS) is 1. The Morgan fingerprint density at radius 3 is 2.09 bits per heavy atom. The second-order valence-electron chi connectivity index (χ2n) is 11.6. The zero-order valence-electron chi connectivity index (χ0n) is 25.6. The minimum atomic E-state index is -1.16. The first kappa shape index (κ1) is 32.3. The second kappa shape index (κ2) is 14.3. The molecule has 0 aliphatic carbocycles.